The lowest BCUT2D eigenvalue weighted by atomic mass is 10.0. The van der Waals surface area contributed by atoms with Crippen molar-refractivity contribution in [3.05, 3.63) is 35.9 Å². The third-order valence-corrected chi connectivity index (χ3v) is 4.46. The number of benzene rings is 1. The van der Waals surface area contributed by atoms with Gasteiger partial charge in [0.2, 0.25) is 0 Å². The van der Waals surface area contributed by atoms with E-state index in [-0.39, 0.29) is 24.8 Å². The number of ether oxygens (including phenoxy) is 1. The van der Waals surface area contributed by atoms with Crippen molar-refractivity contribution in [2.45, 2.75) is 51.9 Å². The molecule has 0 aromatic heterocycles. The second-order valence-corrected chi connectivity index (χ2v) is 7.09. The molecule has 0 amide bonds. The molecular formula is C19H32N2O2. The summed E-state index contributed by atoms with van der Waals surface area (Å²) in [6.45, 7) is 10.4. The van der Waals surface area contributed by atoms with E-state index < -0.39 is 0 Å². The number of hydrogen-bond donors (Lipinski definition) is 2. The average Bonchev–Trinajstić information content (AvgIpc) is 2.55. The lowest BCUT2D eigenvalue weighted by Crippen LogP contribution is -2.53. The number of hydrogen-bond acceptors (Lipinski definition) is 4. The van der Waals surface area contributed by atoms with Gasteiger partial charge in [0.05, 0.1) is 19.3 Å². The van der Waals surface area contributed by atoms with Crippen molar-refractivity contribution in [2.75, 3.05) is 26.3 Å². The van der Waals surface area contributed by atoms with Crippen molar-refractivity contribution < 1.29 is 9.84 Å². The van der Waals surface area contributed by atoms with Crippen molar-refractivity contribution in [3.8, 4) is 0 Å². The molecule has 2 rings (SSSR count). The second kappa shape index (κ2) is 9.38. The molecule has 0 radical (unpaired) electrons. The van der Waals surface area contributed by atoms with Gasteiger partial charge in [0, 0.05) is 31.7 Å². The number of morpholine rings is 1. The van der Waals surface area contributed by atoms with Crippen molar-refractivity contribution >= 4 is 0 Å². The predicted octanol–water partition coefficient (Wildman–Crippen LogP) is 2.27. The van der Waals surface area contributed by atoms with Gasteiger partial charge in [-0.15, -0.1) is 0 Å². The predicted molar refractivity (Wildman–Crippen MR) is 94.4 cm³/mol. The van der Waals surface area contributed by atoms with E-state index in [1.807, 2.05) is 0 Å². The minimum Gasteiger partial charge on any atom is -0.395 e. The van der Waals surface area contributed by atoms with Gasteiger partial charge in [-0.2, -0.15) is 0 Å². The number of nitrogens with one attached hydrogen (secondary N) is 1. The fourth-order valence-corrected chi connectivity index (χ4v) is 3.26. The van der Waals surface area contributed by atoms with E-state index in [0.29, 0.717) is 5.92 Å². The number of aliphatic hydroxyl groups is 1. The monoisotopic (exact) mass is 320 g/mol. The normalized spacial score (nSPS) is 22.2. The van der Waals surface area contributed by atoms with Crippen LogP contribution >= 0.6 is 0 Å². The molecule has 2 N–H and O–H groups in total. The summed E-state index contributed by atoms with van der Waals surface area (Å²) in [5.41, 5.74) is 1.35. The van der Waals surface area contributed by atoms with Gasteiger partial charge in [-0.05, 0) is 24.8 Å². The molecule has 4 nitrogen and oxygen atoms in total. The van der Waals surface area contributed by atoms with E-state index >= 15 is 0 Å². The molecule has 1 aliphatic heterocycles. The molecule has 1 aromatic rings. The molecule has 130 valence electrons. The summed E-state index contributed by atoms with van der Waals surface area (Å²) in [6, 6.07) is 11.0. The minimum absolute atomic E-state index is 0.151. The van der Waals surface area contributed by atoms with Crippen molar-refractivity contribution in [1.82, 2.24) is 10.2 Å². The third-order valence-electron chi connectivity index (χ3n) is 4.46. The van der Waals surface area contributed by atoms with Gasteiger partial charge in [0.15, 0.2) is 0 Å². The summed E-state index contributed by atoms with van der Waals surface area (Å²) in [6.07, 6.45) is 1.16. The summed E-state index contributed by atoms with van der Waals surface area (Å²) in [4.78, 5) is 2.46. The van der Waals surface area contributed by atoms with Crippen LogP contribution in [0.2, 0.25) is 0 Å². The van der Waals surface area contributed by atoms with E-state index in [2.05, 4.69) is 61.3 Å². The standard InChI is InChI=1S/C19H32N2O2/c1-15(2)11-18(14-22)20-16(3)19-13-21(9-10-23-19)12-17-7-5-4-6-8-17/h4-8,15-16,18-20,22H,9-14H2,1-3H3. The molecule has 1 aromatic carbocycles. The van der Waals surface area contributed by atoms with E-state index in [1.165, 1.54) is 5.56 Å². The molecular weight excluding hydrogens is 288 g/mol. The molecule has 4 heteroatoms. The SMILES string of the molecule is CC(C)CC(CO)NC(C)C1CN(Cc2ccccc2)CCO1. The maximum Gasteiger partial charge on any atom is 0.0852 e. The third kappa shape index (κ3) is 6.22. The number of rotatable bonds is 8. The van der Waals surface area contributed by atoms with Crippen molar-refractivity contribution in [1.29, 1.82) is 0 Å². The Balaban J connectivity index is 1.84. The molecule has 0 saturated carbocycles. The average molecular weight is 320 g/mol. The highest BCUT2D eigenvalue weighted by Gasteiger charge is 2.27. The van der Waals surface area contributed by atoms with Crippen LogP contribution in [-0.2, 0) is 11.3 Å². The Hall–Kier alpha value is -0.940. The Kier molecular flexibility index (Phi) is 7.50. The van der Waals surface area contributed by atoms with Crippen molar-refractivity contribution in [3.63, 3.8) is 0 Å². The van der Waals surface area contributed by atoms with Gasteiger partial charge in [-0.3, -0.25) is 4.90 Å². The fraction of sp³-hybridized carbons (Fsp3) is 0.684. The molecule has 23 heavy (non-hydrogen) atoms. The van der Waals surface area contributed by atoms with E-state index in [0.717, 1.165) is 32.7 Å². The lowest BCUT2D eigenvalue weighted by Gasteiger charge is -2.37. The van der Waals surface area contributed by atoms with E-state index in [4.69, 9.17) is 4.74 Å². The summed E-state index contributed by atoms with van der Waals surface area (Å²) >= 11 is 0. The summed E-state index contributed by atoms with van der Waals surface area (Å²) in [5.74, 6) is 0.578. The van der Waals surface area contributed by atoms with Gasteiger partial charge in [-0.25, -0.2) is 0 Å². The molecule has 3 unspecified atom stereocenters. The Labute approximate surface area is 140 Å². The first kappa shape index (κ1) is 18.4. The van der Waals surface area contributed by atoms with Gasteiger partial charge >= 0.3 is 0 Å². The Morgan fingerprint density at radius 2 is 2.00 bits per heavy atom. The van der Waals surface area contributed by atoms with Gasteiger partial charge in [0.25, 0.3) is 0 Å². The molecule has 3 atom stereocenters. The molecule has 0 bridgehead atoms. The smallest absolute Gasteiger partial charge is 0.0852 e. The van der Waals surface area contributed by atoms with Crippen molar-refractivity contribution in [2.24, 2.45) is 5.92 Å². The first-order valence-electron chi connectivity index (χ1n) is 8.83. The van der Waals surface area contributed by atoms with Crippen LogP contribution in [0.15, 0.2) is 30.3 Å². The van der Waals surface area contributed by atoms with Crippen LogP contribution in [0.5, 0.6) is 0 Å². The molecule has 1 aliphatic rings. The fourth-order valence-electron chi connectivity index (χ4n) is 3.26. The van der Waals surface area contributed by atoms with Gasteiger partial charge in [0.1, 0.15) is 0 Å². The molecule has 1 heterocycles. The first-order chi connectivity index (χ1) is 11.1. The van der Waals surface area contributed by atoms with Crippen LogP contribution in [0.1, 0.15) is 32.8 Å². The second-order valence-electron chi connectivity index (χ2n) is 7.09. The van der Waals surface area contributed by atoms with Crippen LogP contribution in [0.3, 0.4) is 0 Å². The number of nitrogens with zero attached hydrogens (tertiary/aromatic N) is 1. The Morgan fingerprint density at radius 1 is 1.26 bits per heavy atom. The van der Waals surface area contributed by atoms with Crippen LogP contribution < -0.4 is 5.32 Å². The highest BCUT2D eigenvalue weighted by atomic mass is 16.5. The zero-order chi connectivity index (χ0) is 16.7. The van der Waals surface area contributed by atoms with Gasteiger partial charge < -0.3 is 15.2 Å². The van der Waals surface area contributed by atoms with E-state index in [1.54, 1.807) is 0 Å². The first-order valence-corrected chi connectivity index (χ1v) is 8.83. The van der Waals surface area contributed by atoms with Crippen LogP contribution in [0, 0.1) is 5.92 Å². The molecule has 1 fully saturated rings. The van der Waals surface area contributed by atoms with Crippen LogP contribution in [0.4, 0.5) is 0 Å². The largest absolute Gasteiger partial charge is 0.395 e. The zero-order valence-electron chi connectivity index (χ0n) is 14.7. The Bertz CT molecular complexity index is 438. The number of aliphatic hydroxyl groups excluding tert-OH is 1. The topological polar surface area (TPSA) is 44.7 Å². The van der Waals surface area contributed by atoms with Gasteiger partial charge in [-0.1, -0.05) is 44.2 Å². The summed E-state index contributed by atoms with van der Waals surface area (Å²) in [5, 5.41) is 13.1. The van der Waals surface area contributed by atoms with E-state index in [9.17, 15) is 5.11 Å². The van der Waals surface area contributed by atoms with Crippen LogP contribution in [-0.4, -0.2) is 54.5 Å². The quantitative estimate of drug-likeness (QED) is 0.771. The maximum absolute atomic E-state index is 9.56. The molecule has 1 saturated heterocycles. The summed E-state index contributed by atoms with van der Waals surface area (Å²) < 4.78 is 5.97. The lowest BCUT2D eigenvalue weighted by molar-refractivity contribution is -0.0489. The Morgan fingerprint density at radius 3 is 2.65 bits per heavy atom. The van der Waals surface area contributed by atoms with Crippen LogP contribution in [0.25, 0.3) is 0 Å². The maximum atomic E-state index is 9.56. The summed E-state index contributed by atoms with van der Waals surface area (Å²) in [7, 11) is 0. The highest BCUT2D eigenvalue weighted by molar-refractivity contribution is 5.14. The zero-order valence-corrected chi connectivity index (χ0v) is 14.7. The highest BCUT2D eigenvalue weighted by Crippen LogP contribution is 2.14. The molecule has 0 spiro atoms. The minimum atomic E-state index is 0.151. The molecule has 0 aliphatic carbocycles.